The van der Waals surface area contributed by atoms with Gasteiger partial charge in [-0.3, -0.25) is 0 Å². The summed E-state index contributed by atoms with van der Waals surface area (Å²) >= 11 is 2.30. The third-order valence-corrected chi connectivity index (χ3v) is 2.77. The van der Waals surface area contributed by atoms with Gasteiger partial charge in [0.05, 0.1) is 12.6 Å². The number of H-pyrrole nitrogens is 1. The molecule has 2 nitrogen and oxygen atoms in total. The molecule has 0 radical (unpaired) electrons. The molecule has 0 bridgehead atoms. The molecule has 0 aliphatic carbocycles. The molecule has 2 aromatic rings. The summed E-state index contributed by atoms with van der Waals surface area (Å²) in [5.41, 5.74) is 2.34. The molecule has 0 amide bonds. The molecular formula is C10H10INO. The van der Waals surface area contributed by atoms with Gasteiger partial charge in [0.15, 0.2) is 0 Å². The molecule has 1 heterocycles. The van der Waals surface area contributed by atoms with Crippen LogP contribution in [-0.4, -0.2) is 12.1 Å². The third kappa shape index (κ3) is 1.41. The van der Waals surface area contributed by atoms with Gasteiger partial charge in [-0.15, -0.1) is 0 Å². The van der Waals surface area contributed by atoms with Crippen LogP contribution in [0.25, 0.3) is 10.9 Å². The Hall–Kier alpha value is -0.710. The average Bonchev–Trinajstić information content (AvgIpc) is 2.47. The van der Waals surface area contributed by atoms with Crippen molar-refractivity contribution in [3.63, 3.8) is 0 Å². The van der Waals surface area contributed by atoms with Crippen LogP contribution >= 0.6 is 22.6 Å². The van der Waals surface area contributed by atoms with E-state index in [-0.39, 0.29) is 0 Å². The first-order chi connectivity index (χ1) is 6.22. The van der Waals surface area contributed by atoms with E-state index in [2.05, 4.69) is 40.6 Å². The van der Waals surface area contributed by atoms with Crippen LogP contribution in [0.3, 0.4) is 0 Å². The van der Waals surface area contributed by atoms with Crippen molar-refractivity contribution >= 4 is 33.5 Å². The topological polar surface area (TPSA) is 25.0 Å². The lowest BCUT2D eigenvalue weighted by molar-refractivity contribution is 0.418. The van der Waals surface area contributed by atoms with Gasteiger partial charge in [0.25, 0.3) is 0 Å². The van der Waals surface area contributed by atoms with Gasteiger partial charge >= 0.3 is 0 Å². The number of aromatic nitrogens is 1. The summed E-state index contributed by atoms with van der Waals surface area (Å²) < 4.78 is 6.48. The monoisotopic (exact) mass is 287 g/mol. The van der Waals surface area contributed by atoms with E-state index in [1.54, 1.807) is 7.11 Å². The Morgan fingerprint density at radius 1 is 1.38 bits per heavy atom. The van der Waals surface area contributed by atoms with Crippen LogP contribution in [0.15, 0.2) is 18.3 Å². The molecule has 1 aromatic heterocycles. The fourth-order valence-corrected chi connectivity index (χ4v) is 2.06. The van der Waals surface area contributed by atoms with Gasteiger partial charge in [-0.2, -0.15) is 0 Å². The van der Waals surface area contributed by atoms with Crippen LogP contribution in [0.2, 0.25) is 0 Å². The van der Waals surface area contributed by atoms with E-state index in [1.165, 1.54) is 14.5 Å². The van der Waals surface area contributed by atoms with E-state index in [4.69, 9.17) is 4.74 Å². The molecule has 0 unspecified atom stereocenters. The average molecular weight is 287 g/mol. The number of rotatable bonds is 1. The molecule has 0 aliphatic heterocycles. The van der Waals surface area contributed by atoms with E-state index in [9.17, 15) is 0 Å². The van der Waals surface area contributed by atoms with Crippen LogP contribution < -0.4 is 4.74 Å². The zero-order valence-electron chi connectivity index (χ0n) is 7.52. The van der Waals surface area contributed by atoms with Crippen LogP contribution in [0.1, 0.15) is 5.56 Å². The summed E-state index contributed by atoms with van der Waals surface area (Å²) in [6.07, 6.45) is 2.00. The number of fused-ring (bicyclic) bond motifs is 1. The van der Waals surface area contributed by atoms with Crippen molar-refractivity contribution < 1.29 is 4.74 Å². The first-order valence-corrected chi connectivity index (χ1v) is 5.11. The highest BCUT2D eigenvalue weighted by Crippen LogP contribution is 2.29. The Morgan fingerprint density at radius 3 is 2.85 bits per heavy atom. The summed E-state index contributed by atoms with van der Waals surface area (Å²) in [6, 6.07) is 4.18. The maximum atomic E-state index is 5.29. The minimum absolute atomic E-state index is 0.912. The number of benzene rings is 1. The standard InChI is InChI=1S/C10H10INO/c1-6-5-12-10-8(6)3-7(11)4-9(10)13-2/h3-5,12H,1-2H3. The lowest BCUT2D eigenvalue weighted by Gasteiger charge is -2.02. The Bertz CT molecular complexity index is 447. The molecule has 0 fully saturated rings. The van der Waals surface area contributed by atoms with Gasteiger partial charge in [-0.25, -0.2) is 0 Å². The molecule has 0 spiro atoms. The molecule has 0 atom stereocenters. The maximum Gasteiger partial charge on any atom is 0.143 e. The van der Waals surface area contributed by atoms with Gasteiger partial charge < -0.3 is 9.72 Å². The van der Waals surface area contributed by atoms with Crippen LogP contribution in [0, 0.1) is 10.5 Å². The largest absolute Gasteiger partial charge is 0.495 e. The van der Waals surface area contributed by atoms with Crippen molar-refractivity contribution in [2.45, 2.75) is 6.92 Å². The number of aromatic amines is 1. The van der Waals surface area contributed by atoms with Gasteiger partial charge in [-0.05, 0) is 47.2 Å². The van der Waals surface area contributed by atoms with Crippen molar-refractivity contribution in [2.75, 3.05) is 7.11 Å². The van der Waals surface area contributed by atoms with Gasteiger partial charge in [0, 0.05) is 15.2 Å². The van der Waals surface area contributed by atoms with Gasteiger partial charge in [0.2, 0.25) is 0 Å². The summed E-state index contributed by atoms with van der Waals surface area (Å²) in [7, 11) is 1.70. The fraction of sp³-hybridized carbons (Fsp3) is 0.200. The molecule has 0 saturated carbocycles. The normalized spacial score (nSPS) is 10.7. The predicted octanol–water partition coefficient (Wildman–Crippen LogP) is 3.09. The second-order valence-electron chi connectivity index (χ2n) is 3.00. The molecular weight excluding hydrogens is 277 g/mol. The highest BCUT2D eigenvalue weighted by Gasteiger charge is 2.06. The minimum atomic E-state index is 0.912. The van der Waals surface area contributed by atoms with Crippen molar-refractivity contribution in [1.29, 1.82) is 0 Å². The lowest BCUT2D eigenvalue weighted by atomic mass is 10.2. The zero-order valence-corrected chi connectivity index (χ0v) is 9.68. The Morgan fingerprint density at radius 2 is 2.15 bits per heavy atom. The Labute approximate surface area is 90.4 Å². The predicted molar refractivity (Wildman–Crippen MR) is 62.3 cm³/mol. The summed E-state index contributed by atoms with van der Waals surface area (Å²) in [4.78, 5) is 3.21. The maximum absolute atomic E-state index is 5.29. The number of nitrogens with one attached hydrogen (secondary N) is 1. The second-order valence-corrected chi connectivity index (χ2v) is 4.25. The van der Waals surface area contributed by atoms with E-state index >= 15 is 0 Å². The molecule has 68 valence electrons. The molecule has 1 N–H and O–H groups in total. The van der Waals surface area contributed by atoms with Crippen LogP contribution in [0.4, 0.5) is 0 Å². The fourth-order valence-electron chi connectivity index (χ4n) is 1.46. The summed E-state index contributed by atoms with van der Waals surface area (Å²) in [5, 5.41) is 1.24. The quantitative estimate of drug-likeness (QED) is 0.801. The SMILES string of the molecule is COc1cc(I)cc2c(C)c[nH]c12. The molecule has 2 rings (SSSR count). The van der Waals surface area contributed by atoms with Crippen molar-refractivity contribution in [2.24, 2.45) is 0 Å². The van der Waals surface area contributed by atoms with E-state index in [0.29, 0.717) is 0 Å². The van der Waals surface area contributed by atoms with Crippen molar-refractivity contribution in [3.8, 4) is 5.75 Å². The van der Waals surface area contributed by atoms with Crippen molar-refractivity contribution in [1.82, 2.24) is 4.98 Å². The number of halogens is 1. The summed E-state index contributed by atoms with van der Waals surface area (Å²) in [5.74, 6) is 0.912. The van der Waals surface area contributed by atoms with E-state index in [1.807, 2.05) is 12.3 Å². The number of hydrogen-bond donors (Lipinski definition) is 1. The summed E-state index contributed by atoms with van der Waals surface area (Å²) in [6.45, 7) is 2.09. The zero-order chi connectivity index (χ0) is 9.42. The van der Waals surface area contributed by atoms with Crippen LogP contribution in [0.5, 0.6) is 5.75 Å². The number of aryl methyl sites for hydroxylation is 1. The smallest absolute Gasteiger partial charge is 0.143 e. The third-order valence-electron chi connectivity index (χ3n) is 2.14. The second kappa shape index (κ2) is 3.21. The minimum Gasteiger partial charge on any atom is -0.495 e. The van der Waals surface area contributed by atoms with Crippen LogP contribution in [-0.2, 0) is 0 Å². The van der Waals surface area contributed by atoms with Gasteiger partial charge in [-0.1, -0.05) is 0 Å². The number of ether oxygens (including phenoxy) is 1. The highest BCUT2D eigenvalue weighted by molar-refractivity contribution is 14.1. The lowest BCUT2D eigenvalue weighted by Crippen LogP contribution is -1.85. The van der Waals surface area contributed by atoms with E-state index < -0.39 is 0 Å². The highest BCUT2D eigenvalue weighted by atomic mass is 127. The molecule has 3 heteroatoms. The number of hydrogen-bond acceptors (Lipinski definition) is 1. The number of methoxy groups -OCH3 is 1. The molecule has 13 heavy (non-hydrogen) atoms. The first kappa shape index (κ1) is 8.87. The molecule has 0 aliphatic rings. The van der Waals surface area contributed by atoms with Gasteiger partial charge in [0.1, 0.15) is 5.75 Å². The first-order valence-electron chi connectivity index (χ1n) is 4.03. The Kier molecular flexibility index (Phi) is 2.19. The molecule has 0 saturated heterocycles. The van der Waals surface area contributed by atoms with E-state index in [0.717, 1.165) is 11.3 Å². The van der Waals surface area contributed by atoms with Crippen molar-refractivity contribution in [3.05, 3.63) is 27.5 Å². The molecule has 1 aromatic carbocycles. The Balaban J connectivity index is 2.84.